The molecule has 2 fully saturated rings. The summed E-state index contributed by atoms with van der Waals surface area (Å²) in [5, 5.41) is 0. The number of halogens is 1. The van der Waals surface area contributed by atoms with Crippen LogP contribution in [-0.4, -0.2) is 57.1 Å². The molecule has 2 saturated heterocycles. The van der Waals surface area contributed by atoms with Gasteiger partial charge in [-0.15, -0.1) is 0 Å². The number of ether oxygens (including phenoxy) is 2. The number of benzene rings is 3. The first-order valence-electron chi connectivity index (χ1n) is 12.4. The molecule has 2 heterocycles. The van der Waals surface area contributed by atoms with Gasteiger partial charge in [0, 0.05) is 44.0 Å². The standard InChI is InChI=1S/C29H30FN3O4/c1-36-24-11-3-20(4-12-24)28-26(19-27(34)33(28)23-9-13-25(37-2)14-10-23)29(35)32-17-15-31(16-18-32)22-7-5-21(30)6-8-22/h3-14,26,28H,15-19H2,1-2H3/t26-,28-/m1/s1. The zero-order chi connectivity index (χ0) is 25.9. The van der Waals surface area contributed by atoms with Crippen molar-refractivity contribution in [1.82, 2.24) is 4.90 Å². The van der Waals surface area contributed by atoms with E-state index in [-0.39, 0.29) is 24.1 Å². The van der Waals surface area contributed by atoms with Gasteiger partial charge in [-0.05, 0) is 66.2 Å². The summed E-state index contributed by atoms with van der Waals surface area (Å²) in [4.78, 5) is 32.9. The average Bonchev–Trinajstić information content (AvgIpc) is 3.30. The van der Waals surface area contributed by atoms with Crippen LogP contribution in [0, 0.1) is 11.7 Å². The smallest absolute Gasteiger partial charge is 0.228 e. The predicted molar refractivity (Wildman–Crippen MR) is 140 cm³/mol. The highest BCUT2D eigenvalue weighted by Crippen LogP contribution is 2.43. The third kappa shape index (κ3) is 4.96. The Kier molecular flexibility index (Phi) is 6.99. The first kappa shape index (κ1) is 24.6. The van der Waals surface area contributed by atoms with Crippen molar-refractivity contribution in [3.8, 4) is 11.5 Å². The van der Waals surface area contributed by atoms with Crippen molar-refractivity contribution in [2.24, 2.45) is 5.92 Å². The van der Waals surface area contributed by atoms with Crippen molar-refractivity contribution < 1.29 is 23.5 Å². The van der Waals surface area contributed by atoms with Crippen LogP contribution in [0.4, 0.5) is 15.8 Å². The Morgan fingerprint density at radius 1 is 0.784 bits per heavy atom. The minimum Gasteiger partial charge on any atom is -0.497 e. The summed E-state index contributed by atoms with van der Waals surface area (Å²) < 4.78 is 23.9. The summed E-state index contributed by atoms with van der Waals surface area (Å²) >= 11 is 0. The van der Waals surface area contributed by atoms with Gasteiger partial charge in [-0.1, -0.05) is 12.1 Å². The van der Waals surface area contributed by atoms with Gasteiger partial charge in [-0.25, -0.2) is 4.39 Å². The van der Waals surface area contributed by atoms with Crippen molar-refractivity contribution in [2.45, 2.75) is 12.5 Å². The summed E-state index contributed by atoms with van der Waals surface area (Å²) in [5.74, 6) is 0.514. The molecule has 2 amide bonds. The summed E-state index contributed by atoms with van der Waals surface area (Å²) in [7, 11) is 3.20. The molecule has 5 rings (SSSR count). The van der Waals surface area contributed by atoms with E-state index in [4.69, 9.17) is 9.47 Å². The molecule has 2 atom stereocenters. The van der Waals surface area contributed by atoms with Gasteiger partial charge >= 0.3 is 0 Å². The monoisotopic (exact) mass is 503 g/mol. The molecule has 3 aromatic rings. The highest BCUT2D eigenvalue weighted by atomic mass is 19.1. The molecule has 0 saturated carbocycles. The topological polar surface area (TPSA) is 62.3 Å². The van der Waals surface area contributed by atoms with E-state index >= 15 is 0 Å². The molecule has 0 unspecified atom stereocenters. The van der Waals surface area contributed by atoms with E-state index in [0.29, 0.717) is 37.7 Å². The highest BCUT2D eigenvalue weighted by Gasteiger charge is 2.46. The van der Waals surface area contributed by atoms with E-state index in [9.17, 15) is 14.0 Å². The minimum absolute atomic E-state index is 0.0241. The van der Waals surface area contributed by atoms with Crippen LogP contribution < -0.4 is 19.3 Å². The quantitative estimate of drug-likeness (QED) is 0.502. The highest BCUT2D eigenvalue weighted by molar-refractivity contribution is 6.01. The van der Waals surface area contributed by atoms with Gasteiger partial charge in [0.1, 0.15) is 17.3 Å². The maximum Gasteiger partial charge on any atom is 0.228 e. The van der Waals surface area contributed by atoms with E-state index < -0.39 is 12.0 Å². The van der Waals surface area contributed by atoms with Crippen LogP contribution in [0.5, 0.6) is 11.5 Å². The SMILES string of the molecule is COc1ccc([C@@H]2[C@H](C(=O)N3CCN(c4ccc(F)cc4)CC3)CC(=O)N2c2ccc(OC)cc2)cc1. The third-order valence-corrected chi connectivity index (χ3v) is 7.23. The number of carbonyl (C=O) groups is 2. The van der Waals surface area contributed by atoms with Gasteiger partial charge in [0.25, 0.3) is 0 Å². The summed E-state index contributed by atoms with van der Waals surface area (Å²) in [5.41, 5.74) is 2.54. The number of piperazine rings is 1. The zero-order valence-electron chi connectivity index (χ0n) is 21.0. The first-order valence-corrected chi connectivity index (χ1v) is 12.4. The Hall–Kier alpha value is -4.07. The van der Waals surface area contributed by atoms with Crippen LogP contribution in [-0.2, 0) is 9.59 Å². The Labute approximate surface area is 216 Å². The van der Waals surface area contributed by atoms with Gasteiger partial charge < -0.3 is 24.2 Å². The number of methoxy groups -OCH3 is 2. The predicted octanol–water partition coefficient (Wildman–Crippen LogP) is 4.29. The number of amides is 2. The largest absolute Gasteiger partial charge is 0.497 e. The molecule has 2 aliphatic rings. The number of hydrogen-bond acceptors (Lipinski definition) is 5. The average molecular weight is 504 g/mol. The van der Waals surface area contributed by atoms with Crippen molar-refractivity contribution in [3.63, 3.8) is 0 Å². The molecule has 0 N–H and O–H groups in total. The molecule has 8 heteroatoms. The van der Waals surface area contributed by atoms with Crippen LogP contribution in [0.15, 0.2) is 72.8 Å². The molecule has 0 radical (unpaired) electrons. The Morgan fingerprint density at radius 2 is 1.32 bits per heavy atom. The van der Waals surface area contributed by atoms with Crippen LogP contribution in [0.2, 0.25) is 0 Å². The Balaban J connectivity index is 1.39. The van der Waals surface area contributed by atoms with Gasteiger partial charge in [0.15, 0.2) is 0 Å². The van der Waals surface area contributed by atoms with Gasteiger partial charge in [0.05, 0.1) is 26.2 Å². The summed E-state index contributed by atoms with van der Waals surface area (Å²) in [6, 6.07) is 20.9. The fraction of sp³-hybridized carbons (Fsp3) is 0.310. The fourth-order valence-corrected chi connectivity index (χ4v) is 5.26. The lowest BCUT2D eigenvalue weighted by Gasteiger charge is -2.38. The van der Waals surface area contributed by atoms with Crippen molar-refractivity contribution >= 4 is 23.2 Å². The lowest BCUT2D eigenvalue weighted by molar-refractivity contribution is -0.136. The molecule has 0 aromatic heterocycles. The van der Waals surface area contributed by atoms with Gasteiger partial charge in [0.2, 0.25) is 11.8 Å². The van der Waals surface area contributed by atoms with E-state index in [2.05, 4.69) is 4.90 Å². The third-order valence-electron chi connectivity index (χ3n) is 7.23. The Bertz CT molecular complexity index is 1240. The molecule has 37 heavy (non-hydrogen) atoms. The van der Waals surface area contributed by atoms with E-state index in [1.54, 1.807) is 31.3 Å². The van der Waals surface area contributed by atoms with E-state index in [0.717, 1.165) is 16.9 Å². The maximum atomic E-state index is 13.9. The molecule has 0 aliphatic carbocycles. The number of rotatable bonds is 6. The summed E-state index contributed by atoms with van der Waals surface area (Å²) in [6.07, 6.45) is 0.139. The minimum atomic E-state index is -0.514. The number of hydrogen-bond donors (Lipinski definition) is 0. The van der Waals surface area contributed by atoms with Gasteiger partial charge in [-0.3, -0.25) is 9.59 Å². The number of carbonyl (C=O) groups excluding carboxylic acids is 2. The second-order valence-electron chi connectivity index (χ2n) is 9.28. The molecule has 3 aromatic carbocycles. The van der Waals surface area contributed by atoms with E-state index in [1.165, 1.54) is 12.1 Å². The van der Waals surface area contributed by atoms with Crippen molar-refractivity contribution in [1.29, 1.82) is 0 Å². The number of anilines is 2. The first-order chi connectivity index (χ1) is 18.0. The maximum absolute atomic E-state index is 13.9. The molecule has 192 valence electrons. The van der Waals surface area contributed by atoms with Crippen LogP contribution in [0.1, 0.15) is 18.0 Å². The molecule has 2 aliphatic heterocycles. The molecular formula is C29H30FN3O4. The lowest BCUT2D eigenvalue weighted by Crippen LogP contribution is -2.51. The van der Waals surface area contributed by atoms with Crippen molar-refractivity contribution in [3.05, 3.63) is 84.2 Å². The fourth-order valence-electron chi connectivity index (χ4n) is 5.26. The summed E-state index contributed by atoms with van der Waals surface area (Å²) in [6.45, 7) is 2.37. The molecule has 7 nitrogen and oxygen atoms in total. The molecule has 0 spiro atoms. The lowest BCUT2D eigenvalue weighted by atomic mass is 9.91. The zero-order valence-corrected chi connectivity index (χ0v) is 21.0. The molecule has 0 bridgehead atoms. The second-order valence-corrected chi connectivity index (χ2v) is 9.28. The van der Waals surface area contributed by atoms with Crippen LogP contribution >= 0.6 is 0 Å². The Morgan fingerprint density at radius 3 is 1.89 bits per heavy atom. The van der Waals surface area contributed by atoms with E-state index in [1.807, 2.05) is 53.4 Å². The van der Waals surface area contributed by atoms with Crippen LogP contribution in [0.3, 0.4) is 0 Å². The van der Waals surface area contributed by atoms with Crippen LogP contribution in [0.25, 0.3) is 0 Å². The van der Waals surface area contributed by atoms with Crippen molar-refractivity contribution in [2.75, 3.05) is 50.2 Å². The molecular weight excluding hydrogens is 473 g/mol. The second kappa shape index (κ2) is 10.5. The van der Waals surface area contributed by atoms with Gasteiger partial charge in [-0.2, -0.15) is 0 Å². The number of nitrogens with zero attached hydrogens (tertiary/aromatic N) is 3. The normalized spacial score (nSPS) is 19.8.